The molecule has 1 aliphatic carbocycles. The molecule has 4 rings (SSSR count). The van der Waals surface area contributed by atoms with Crippen LogP contribution in [0, 0.1) is 0 Å². The van der Waals surface area contributed by atoms with Gasteiger partial charge >= 0.3 is 0 Å². The third kappa shape index (κ3) is 3.56. The van der Waals surface area contributed by atoms with Crippen LogP contribution in [0.5, 0.6) is 5.75 Å². The number of para-hydroxylation sites is 2. The molecule has 1 aliphatic rings. The molecule has 128 valence electrons. The van der Waals surface area contributed by atoms with Crippen LogP contribution in [0.15, 0.2) is 53.3 Å². The van der Waals surface area contributed by atoms with Crippen molar-refractivity contribution in [2.75, 3.05) is 7.11 Å². The summed E-state index contributed by atoms with van der Waals surface area (Å²) in [6.07, 6.45) is 2.36. The van der Waals surface area contributed by atoms with Gasteiger partial charge in [-0.1, -0.05) is 24.3 Å². The number of ether oxygens (including phenoxy) is 1. The number of hydrogen-bond acceptors (Lipinski definition) is 4. The number of methoxy groups -OCH3 is 1. The summed E-state index contributed by atoms with van der Waals surface area (Å²) in [4.78, 5) is 22.3. The summed E-state index contributed by atoms with van der Waals surface area (Å²) < 4.78 is 5.22. The van der Waals surface area contributed by atoms with Gasteiger partial charge in [0.25, 0.3) is 5.56 Å². The fourth-order valence-corrected chi connectivity index (χ4v) is 3.09. The fraction of sp³-hybridized carbons (Fsp3) is 0.300. The van der Waals surface area contributed by atoms with Crippen LogP contribution < -0.4 is 10.3 Å². The molecule has 1 heterocycles. The summed E-state index contributed by atoms with van der Waals surface area (Å²) in [5.41, 5.74) is 3.31. The van der Waals surface area contributed by atoms with Crippen LogP contribution >= 0.6 is 0 Å². The highest BCUT2D eigenvalue weighted by Crippen LogP contribution is 2.29. The number of nitrogens with zero attached hydrogens (tertiary/aromatic N) is 2. The largest absolute Gasteiger partial charge is 0.497 e. The monoisotopic (exact) mass is 335 g/mol. The molecule has 0 unspecified atom stereocenters. The number of rotatable bonds is 6. The van der Waals surface area contributed by atoms with Crippen molar-refractivity contribution >= 4 is 11.0 Å². The molecule has 0 atom stereocenters. The number of aromatic nitrogens is 2. The average Bonchev–Trinajstić information content (AvgIpc) is 3.47. The Morgan fingerprint density at radius 2 is 1.88 bits per heavy atom. The lowest BCUT2D eigenvalue weighted by Gasteiger charge is -2.21. The SMILES string of the molecule is COc1ccc(CN(Cc2nc3ccccc3[nH]c2=O)C2CC2)cc1. The Hall–Kier alpha value is -2.66. The third-order valence-corrected chi connectivity index (χ3v) is 4.63. The average molecular weight is 335 g/mol. The normalized spacial score (nSPS) is 14.2. The smallest absolute Gasteiger partial charge is 0.271 e. The standard InChI is InChI=1S/C20H21N3O2/c1-25-16-10-6-14(7-11-16)12-23(15-8-9-15)13-19-20(24)22-18-5-3-2-4-17(18)21-19/h2-7,10-11,15H,8-9,12-13H2,1H3,(H,22,24). The van der Waals surface area contributed by atoms with E-state index in [9.17, 15) is 4.79 Å². The molecule has 1 N–H and O–H groups in total. The van der Waals surface area contributed by atoms with E-state index in [-0.39, 0.29) is 5.56 Å². The number of nitrogens with one attached hydrogen (secondary N) is 1. The van der Waals surface area contributed by atoms with Crippen LogP contribution in [0.1, 0.15) is 24.1 Å². The van der Waals surface area contributed by atoms with Gasteiger partial charge in [-0.3, -0.25) is 9.69 Å². The minimum Gasteiger partial charge on any atom is -0.497 e. The van der Waals surface area contributed by atoms with E-state index in [4.69, 9.17) is 4.74 Å². The van der Waals surface area contributed by atoms with Gasteiger partial charge in [0.15, 0.2) is 0 Å². The Bertz CT molecular complexity index is 930. The van der Waals surface area contributed by atoms with Gasteiger partial charge in [0, 0.05) is 19.1 Å². The van der Waals surface area contributed by atoms with Crippen molar-refractivity contribution in [3.05, 3.63) is 70.1 Å². The summed E-state index contributed by atoms with van der Waals surface area (Å²) in [7, 11) is 1.67. The van der Waals surface area contributed by atoms with Gasteiger partial charge in [-0.15, -0.1) is 0 Å². The first kappa shape index (κ1) is 15.8. The summed E-state index contributed by atoms with van der Waals surface area (Å²) in [6.45, 7) is 1.37. The highest BCUT2D eigenvalue weighted by Gasteiger charge is 2.29. The molecular weight excluding hydrogens is 314 g/mol. The molecule has 0 radical (unpaired) electrons. The third-order valence-electron chi connectivity index (χ3n) is 4.63. The van der Waals surface area contributed by atoms with Crippen molar-refractivity contribution in [2.45, 2.75) is 32.0 Å². The molecule has 2 aromatic carbocycles. The second-order valence-electron chi connectivity index (χ2n) is 6.51. The maximum Gasteiger partial charge on any atom is 0.271 e. The van der Waals surface area contributed by atoms with Crippen LogP contribution in [0.3, 0.4) is 0 Å². The molecule has 1 saturated carbocycles. The first-order valence-corrected chi connectivity index (χ1v) is 8.58. The zero-order chi connectivity index (χ0) is 17.2. The van der Waals surface area contributed by atoms with E-state index < -0.39 is 0 Å². The number of aromatic amines is 1. The molecule has 3 aromatic rings. The molecule has 0 saturated heterocycles. The van der Waals surface area contributed by atoms with Crippen LogP contribution in [0.25, 0.3) is 11.0 Å². The van der Waals surface area contributed by atoms with E-state index in [0.29, 0.717) is 18.3 Å². The molecule has 1 fully saturated rings. The minimum absolute atomic E-state index is 0.0981. The Morgan fingerprint density at radius 3 is 2.60 bits per heavy atom. The zero-order valence-electron chi connectivity index (χ0n) is 14.2. The lowest BCUT2D eigenvalue weighted by molar-refractivity contribution is 0.242. The van der Waals surface area contributed by atoms with Gasteiger partial charge < -0.3 is 9.72 Å². The summed E-state index contributed by atoms with van der Waals surface area (Å²) in [5.74, 6) is 0.856. The number of benzene rings is 2. The molecule has 0 aliphatic heterocycles. The van der Waals surface area contributed by atoms with E-state index >= 15 is 0 Å². The van der Waals surface area contributed by atoms with Crippen LogP contribution in [0.2, 0.25) is 0 Å². The van der Waals surface area contributed by atoms with Crippen molar-refractivity contribution in [1.29, 1.82) is 0 Å². The lowest BCUT2D eigenvalue weighted by atomic mass is 10.2. The highest BCUT2D eigenvalue weighted by molar-refractivity contribution is 5.73. The maximum absolute atomic E-state index is 12.4. The van der Waals surface area contributed by atoms with Crippen molar-refractivity contribution < 1.29 is 4.74 Å². The second-order valence-corrected chi connectivity index (χ2v) is 6.51. The van der Waals surface area contributed by atoms with Crippen molar-refractivity contribution in [3.8, 4) is 5.75 Å². The summed E-state index contributed by atoms with van der Waals surface area (Å²) >= 11 is 0. The van der Waals surface area contributed by atoms with Crippen molar-refractivity contribution in [1.82, 2.24) is 14.9 Å². The van der Waals surface area contributed by atoms with Gasteiger partial charge in [0.1, 0.15) is 11.4 Å². The molecule has 5 nitrogen and oxygen atoms in total. The molecule has 0 amide bonds. The van der Waals surface area contributed by atoms with Gasteiger partial charge in [-0.05, 0) is 42.7 Å². The molecule has 1 aromatic heterocycles. The van der Waals surface area contributed by atoms with E-state index in [1.807, 2.05) is 36.4 Å². The Kier molecular flexibility index (Phi) is 4.24. The Labute approximate surface area is 146 Å². The predicted molar refractivity (Wildman–Crippen MR) is 97.6 cm³/mol. The quantitative estimate of drug-likeness (QED) is 0.752. The Balaban J connectivity index is 1.57. The second kappa shape index (κ2) is 6.69. The molecular formula is C20H21N3O2. The molecule has 0 spiro atoms. The number of fused-ring (bicyclic) bond motifs is 1. The van der Waals surface area contributed by atoms with Gasteiger partial charge in [-0.2, -0.15) is 0 Å². The van der Waals surface area contributed by atoms with Crippen LogP contribution in [-0.4, -0.2) is 28.0 Å². The first-order chi connectivity index (χ1) is 12.2. The van der Waals surface area contributed by atoms with Gasteiger partial charge in [0.2, 0.25) is 0 Å². The lowest BCUT2D eigenvalue weighted by Crippen LogP contribution is -2.29. The highest BCUT2D eigenvalue weighted by atomic mass is 16.5. The van der Waals surface area contributed by atoms with E-state index in [0.717, 1.165) is 23.3 Å². The summed E-state index contributed by atoms with van der Waals surface area (Å²) in [5, 5.41) is 0. The number of H-pyrrole nitrogens is 1. The van der Waals surface area contributed by atoms with Gasteiger partial charge in [0.05, 0.1) is 18.1 Å². The maximum atomic E-state index is 12.4. The van der Waals surface area contributed by atoms with Crippen molar-refractivity contribution in [2.24, 2.45) is 0 Å². The van der Waals surface area contributed by atoms with Crippen LogP contribution in [0.4, 0.5) is 0 Å². The van der Waals surface area contributed by atoms with Gasteiger partial charge in [-0.25, -0.2) is 4.98 Å². The van der Waals surface area contributed by atoms with E-state index in [1.165, 1.54) is 18.4 Å². The number of hydrogen-bond donors (Lipinski definition) is 1. The topological polar surface area (TPSA) is 58.2 Å². The van der Waals surface area contributed by atoms with Crippen molar-refractivity contribution in [3.63, 3.8) is 0 Å². The zero-order valence-corrected chi connectivity index (χ0v) is 14.2. The minimum atomic E-state index is -0.0981. The Morgan fingerprint density at radius 1 is 1.12 bits per heavy atom. The predicted octanol–water partition coefficient (Wildman–Crippen LogP) is 3.10. The molecule has 0 bridgehead atoms. The van der Waals surface area contributed by atoms with E-state index in [2.05, 4.69) is 27.0 Å². The molecule has 25 heavy (non-hydrogen) atoms. The fourth-order valence-electron chi connectivity index (χ4n) is 3.09. The first-order valence-electron chi connectivity index (χ1n) is 8.58. The van der Waals surface area contributed by atoms with E-state index in [1.54, 1.807) is 7.11 Å². The van der Waals surface area contributed by atoms with Crippen LogP contribution in [-0.2, 0) is 13.1 Å². The summed E-state index contributed by atoms with van der Waals surface area (Å²) in [6, 6.07) is 16.3. The molecule has 5 heteroatoms.